The summed E-state index contributed by atoms with van der Waals surface area (Å²) in [6.07, 6.45) is -1.25. The number of halogens is 4. The van der Waals surface area contributed by atoms with Crippen molar-refractivity contribution in [3.8, 4) is 0 Å². The van der Waals surface area contributed by atoms with Gasteiger partial charge in [0.15, 0.2) is 0 Å². The van der Waals surface area contributed by atoms with E-state index in [2.05, 4.69) is 15.3 Å². The van der Waals surface area contributed by atoms with Gasteiger partial charge >= 0.3 is 6.18 Å². The van der Waals surface area contributed by atoms with Gasteiger partial charge in [-0.2, -0.15) is 13.2 Å². The maximum absolute atomic E-state index is 12.8. The third-order valence-electron chi connectivity index (χ3n) is 3.74. The van der Waals surface area contributed by atoms with E-state index in [0.717, 1.165) is 31.0 Å². The van der Waals surface area contributed by atoms with Gasteiger partial charge in [-0.05, 0) is 43.9 Å². The Balaban J connectivity index is 1.96. The van der Waals surface area contributed by atoms with Crippen molar-refractivity contribution in [3.63, 3.8) is 0 Å². The lowest BCUT2D eigenvalue weighted by atomic mass is 9.97. The SMILES string of the molecule is O=c1[nH]c(Nc2cc(C(F)(F)F)ccc2Cl)nc2c1CCCC2. The normalized spacial score (nSPS) is 14.4. The number of H-pyrrole nitrogens is 1. The van der Waals surface area contributed by atoms with Gasteiger partial charge in [0, 0.05) is 5.56 Å². The zero-order valence-corrected chi connectivity index (χ0v) is 12.7. The molecule has 0 fully saturated rings. The third kappa shape index (κ3) is 3.34. The molecule has 2 N–H and O–H groups in total. The van der Waals surface area contributed by atoms with Crippen molar-refractivity contribution in [1.82, 2.24) is 9.97 Å². The van der Waals surface area contributed by atoms with Crippen LogP contribution in [0.5, 0.6) is 0 Å². The average molecular weight is 344 g/mol. The van der Waals surface area contributed by atoms with Crippen molar-refractivity contribution >= 4 is 23.2 Å². The topological polar surface area (TPSA) is 57.8 Å². The van der Waals surface area contributed by atoms with Crippen LogP contribution in [0.25, 0.3) is 0 Å². The Bertz CT molecular complexity index is 802. The lowest BCUT2D eigenvalue weighted by Crippen LogP contribution is -2.22. The molecule has 8 heteroatoms. The highest BCUT2D eigenvalue weighted by Gasteiger charge is 2.31. The molecule has 1 aromatic carbocycles. The van der Waals surface area contributed by atoms with Crippen molar-refractivity contribution < 1.29 is 13.2 Å². The number of anilines is 2. The van der Waals surface area contributed by atoms with Crippen molar-refractivity contribution in [2.24, 2.45) is 0 Å². The Labute approximate surface area is 134 Å². The second-order valence-corrected chi connectivity index (χ2v) is 5.77. The van der Waals surface area contributed by atoms with Crippen molar-refractivity contribution in [3.05, 3.63) is 50.4 Å². The number of benzene rings is 1. The smallest absolute Gasteiger partial charge is 0.324 e. The second kappa shape index (κ2) is 5.88. The van der Waals surface area contributed by atoms with E-state index in [1.54, 1.807) is 0 Å². The van der Waals surface area contributed by atoms with Crippen molar-refractivity contribution in [2.45, 2.75) is 31.9 Å². The van der Waals surface area contributed by atoms with Gasteiger partial charge in [-0.3, -0.25) is 9.78 Å². The van der Waals surface area contributed by atoms with Gasteiger partial charge in [0.1, 0.15) is 0 Å². The van der Waals surface area contributed by atoms with Crippen LogP contribution in [0, 0.1) is 0 Å². The molecule has 0 unspecified atom stereocenters. The molecule has 0 bridgehead atoms. The summed E-state index contributed by atoms with van der Waals surface area (Å²) in [5, 5.41) is 2.79. The van der Waals surface area contributed by atoms with E-state index in [1.807, 2.05) is 0 Å². The number of rotatable bonds is 2. The molecule has 1 aliphatic carbocycles. The summed E-state index contributed by atoms with van der Waals surface area (Å²) in [4.78, 5) is 18.9. The van der Waals surface area contributed by atoms with Crippen LogP contribution in [0.3, 0.4) is 0 Å². The Hall–Kier alpha value is -2.02. The van der Waals surface area contributed by atoms with E-state index in [9.17, 15) is 18.0 Å². The van der Waals surface area contributed by atoms with Gasteiger partial charge in [-0.1, -0.05) is 11.6 Å². The number of hydrogen-bond donors (Lipinski definition) is 2. The number of nitrogens with one attached hydrogen (secondary N) is 2. The standard InChI is InChI=1S/C15H13ClF3N3O/c16-10-6-5-8(15(17,18)19)7-12(10)21-14-20-11-4-2-1-3-9(11)13(23)22-14/h5-7H,1-4H2,(H2,20,21,22,23). The maximum atomic E-state index is 12.8. The number of nitrogens with zero attached hydrogens (tertiary/aromatic N) is 1. The molecular weight excluding hydrogens is 331 g/mol. The lowest BCUT2D eigenvalue weighted by Gasteiger charge is -2.16. The zero-order valence-electron chi connectivity index (χ0n) is 11.9. The van der Waals surface area contributed by atoms with Crippen LogP contribution in [0.15, 0.2) is 23.0 Å². The molecule has 4 nitrogen and oxygen atoms in total. The molecule has 0 aliphatic heterocycles. The van der Waals surface area contributed by atoms with Gasteiger partial charge in [0.05, 0.1) is 22.0 Å². The van der Waals surface area contributed by atoms with Crippen LogP contribution in [0.2, 0.25) is 5.02 Å². The molecule has 122 valence electrons. The molecule has 2 aromatic rings. The first-order chi connectivity index (χ1) is 10.8. The van der Waals surface area contributed by atoms with Gasteiger partial charge < -0.3 is 5.32 Å². The highest BCUT2D eigenvalue weighted by molar-refractivity contribution is 6.33. The van der Waals surface area contributed by atoms with E-state index in [-0.39, 0.29) is 22.2 Å². The molecule has 23 heavy (non-hydrogen) atoms. The van der Waals surface area contributed by atoms with Crippen LogP contribution in [0.1, 0.15) is 29.7 Å². The Kier molecular flexibility index (Phi) is 4.06. The molecule has 0 spiro atoms. The number of hydrogen-bond acceptors (Lipinski definition) is 3. The fourth-order valence-corrected chi connectivity index (χ4v) is 2.75. The lowest BCUT2D eigenvalue weighted by molar-refractivity contribution is -0.137. The molecule has 0 saturated heterocycles. The summed E-state index contributed by atoms with van der Waals surface area (Å²) in [6.45, 7) is 0. The largest absolute Gasteiger partial charge is 0.416 e. The first kappa shape index (κ1) is 15.9. The number of aryl methyl sites for hydroxylation is 1. The van der Waals surface area contributed by atoms with Gasteiger partial charge in [0.25, 0.3) is 5.56 Å². The summed E-state index contributed by atoms with van der Waals surface area (Å²) < 4.78 is 38.3. The van der Waals surface area contributed by atoms with Gasteiger partial charge in [-0.25, -0.2) is 4.98 Å². The predicted octanol–water partition coefficient (Wildman–Crippen LogP) is 4.06. The highest BCUT2D eigenvalue weighted by atomic mass is 35.5. The van der Waals surface area contributed by atoms with Crippen LogP contribution in [0.4, 0.5) is 24.8 Å². The Morgan fingerprint density at radius 3 is 2.70 bits per heavy atom. The summed E-state index contributed by atoms with van der Waals surface area (Å²) in [5.41, 5.74) is 0.285. The third-order valence-corrected chi connectivity index (χ3v) is 4.07. The average Bonchev–Trinajstić information content (AvgIpc) is 2.48. The van der Waals surface area contributed by atoms with Gasteiger partial charge in [0.2, 0.25) is 5.95 Å². The van der Waals surface area contributed by atoms with Crippen molar-refractivity contribution in [2.75, 3.05) is 5.32 Å². The number of fused-ring (bicyclic) bond motifs is 1. The summed E-state index contributed by atoms with van der Waals surface area (Å²) in [7, 11) is 0. The van der Waals surface area contributed by atoms with E-state index in [1.165, 1.54) is 0 Å². The number of alkyl halides is 3. The van der Waals surface area contributed by atoms with Crippen LogP contribution >= 0.6 is 11.6 Å². The molecule has 3 rings (SSSR count). The van der Waals surface area contributed by atoms with E-state index in [4.69, 9.17) is 11.6 Å². The molecule has 0 radical (unpaired) electrons. The minimum atomic E-state index is -4.47. The van der Waals surface area contributed by atoms with Crippen LogP contribution in [-0.2, 0) is 19.0 Å². The molecule has 0 atom stereocenters. The molecule has 1 aromatic heterocycles. The summed E-state index contributed by atoms with van der Waals surface area (Å²) in [6, 6.07) is 2.95. The van der Waals surface area contributed by atoms with Crippen LogP contribution in [-0.4, -0.2) is 9.97 Å². The van der Waals surface area contributed by atoms with Crippen molar-refractivity contribution in [1.29, 1.82) is 0 Å². The second-order valence-electron chi connectivity index (χ2n) is 5.36. The molecule has 0 saturated carbocycles. The fourth-order valence-electron chi connectivity index (χ4n) is 2.59. The van der Waals surface area contributed by atoms with E-state index < -0.39 is 11.7 Å². The summed E-state index contributed by atoms with van der Waals surface area (Å²) >= 11 is 5.93. The van der Waals surface area contributed by atoms with E-state index in [0.29, 0.717) is 24.1 Å². The quantitative estimate of drug-likeness (QED) is 0.864. The Morgan fingerprint density at radius 1 is 1.22 bits per heavy atom. The molecular formula is C15H13ClF3N3O. The predicted molar refractivity (Wildman–Crippen MR) is 81.2 cm³/mol. The van der Waals surface area contributed by atoms with E-state index >= 15 is 0 Å². The monoisotopic (exact) mass is 343 g/mol. The van der Waals surface area contributed by atoms with Gasteiger partial charge in [-0.15, -0.1) is 0 Å². The van der Waals surface area contributed by atoms with Crippen LogP contribution < -0.4 is 10.9 Å². The molecule has 1 aliphatic rings. The first-order valence-electron chi connectivity index (χ1n) is 7.10. The highest BCUT2D eigenvalue weighted by Crippen LogP contribution is 2.34. The fraction of sp³-hybridized carbons (Fsp3) is 0.333. The zero-order chi connectivity index (χ0) is 16.6. The molecule has 1 heterocycles. The minimum Gasteiger partial charge on any atom is -0.324 e. The number of aromatic amines is 1. The number of aromatic nitrogens is 2. The summed E-state index contributed by atoms with van der Waals surface area (Å²) in [5.74, 6) is 0.0943. The molecule has 0 amide bonds. The first-order valence-corrected chi connectivity index (χ1v) is 7.48. The Morgan fingerprint density at radius 2 is 1.96 bits per heavy atom. The maximum Gasteiger partial charge on any atom is 0.416 e. The minimum absolute atomic E-state index is 0.0420.